The maximum atomic E-state index is 5.50. The van der Waals surface area contributed by atoms with E-state index in [1.807, 2.05) is 11.8 Å². The van der Waals surface area contributed by atoms with E-state index in [-0.39, 0.29) is 0 Å². The summed E-state index contributed by atoms with van der Waals surface area (Å²) < 4.78 is 0. The van der Waals surface area contributed by atoms with E-state index in [0.717, 1.165) is 12.2 Å². The van der Waals surface area contributed by atoms with Gasteiger partial charge in [-0.25, -0.2) is 0 Å². The number of nitrogens with two attached hydrogens (primary N) is 1. The molecule has 0 amide bonds. The van der Waals surface area contributed by atoms with Gasteiger partial charge in [-0.05, 0) is 27.2 Å². The highest BCUT2D eigenvalue weighted by molar-refractivity contribution is 7.98. The standard InChI is InChI=1S/C9H20N2S2/c1-7(5-9(10)12)11(3)8(2)6-13-4/h7-8H,5-6H2,1-4H3,(H2,10,12). The fraction of sp³-hybridized carbons (Fsp3) is 0.889. The Labute approximate surface area is 91.2 Å². The van der Waals surface area contributed by atoms with Crippen LogP contribution in [0.25, 0.3) is 0 Å². The lowest BCUT2D eigenvalue weighted by Gasteiger charge is -2.30. The summed E-state index contributed by atoms with van der Waals surface area (Å²) in [5, 5.41) is 0. The zero-order valence-corrected chi connectivity index (χ0v) is 10.5. The van der Waals surface area contributed by atoms with Crippen LogP contribution in [-0.2, 0) is 0 Å². The number of nitrogens with zero attached hydrogens (tertiary/aromatic N) is 1. The van der Waals surface area contributed by atoms with Gasteiger partial charge >= 0.3 is 0 Å². The molecular weight excluding hydrogens is 200 g/mol. The second-order valence-corrected chi connectivity index (χ2v) is 4.92. The van der Waals surface area contributed by atoms with Crippen LogP contribution in [0.5, 0.6) is 0 Å². The van der Waals surface area contributed by atoms with E-state index < -0.39 is 0 Å². The minimum atomic E-state index is 0.444. The van der Waals surface area contributed by atoms with Crippen LogP contribution in [0.4, 0.5) is 0 Å². The molecule has 0 aliphatic heterocycles. The summed E-state index contributed by atoms with van der Waals surface area (Å²) in [4.78, 5) is 2.94. The number of hydrogen-bond acceptors (Lipinski definition) is 3. The van der Waals surface area contributed by atoms with Gasteiger partial charge in [-0.1, -0.05) is 12.2 Å². The maximum Gasteiger partial charge on any atom is 0.0742 e. The Morgan fingerprint density at radius 2 is 2.00 bits per heavy atom. The molecule has 4 heteroatoms. The Hall–Kier alpha value is 0.200. The Morgan fingerprint density at radius 1 is 1.46 bits per heavy atom. The Morgan fingerprint density at radius 3 is 2.38 bits per heavy atom. The van der Waals surface area contributed by atoms with Crippen LogP contribution in [-0.4, -0.2) is 41.0 Å². The highest BCUT2D eigenvalue weighted by atomic mass is 32.2. The predicted molar refractivity (Wildman–Crippen MR) is 66.5 cm³/mol. The van der Waals surface area contributed by atoms with Crippen molar-refractivity contribution in [1.29, 1.82) is 0 Å². The van der Waals surface area contributed by atoms with Crippen molar-refractivity contribution in [3.63, 3.8) is 0 Å². The van der Waals surface area contributed by atoms with E-state index in [0.29, 0.717) is 17.1 Å². The van der Waals surface area contributed by atoms with Crippen LogP contribution in [0.2, 0.25) is 0 Å². The van der Waals surface area contributed by atoms with Crippen molar-refractivity contribution in [2.75, 3.05) is 19.1 Å². The van der Waals surface area contributed by atoms with Gasteiger partial charge in [-0.15, -0.1) is 0 Å². The van der Waals surface area contributed by atoms with Crippen molar-refractivity contribution in [2.45, 2.75) is 32.4 Å². The van der Waals surface area contributed by atoms with Crippen molar-refractivity contribution in [2.24, 2.45) is 5.73 Å². The SMILES string of the molecule is CSCC(C)N(C)C(C)CC(N)=S. The third kappa shape index (κ3) is 5.49. The molecule has 2 atom stereocenters. The molecule has 0 heterocycles. The van der Waals surface area contributed by atoms with Crippen LogP contribution >= 0.6 is 24.0 Å². The van der Waals surface area contributed by atoms with E-state index in [1.165, 1.54) is 0 Å². The van der Waals surface area contributed by atoms with Gasteiger partial charge in [0.05, 0.1) is 4.99 Å². The second-order valence-electron chi connectivity index (χ2n) is 3.49. The van der Waals surface area contributed by atoms with Crippen LogP contribution in [0.1, 0.15) is 20.3 Å². The largest absolute Gasteiger partial charge is 0.393 e. The van der Waals surface area contributed by atoms with Crippen molar-refractivity contribution in [3.8, 4) is 0 Å². The summed E-state index contributed by atoms with van der Waals surface area (Å²) in [5.41, 5.74) is 5.50. The summed E-state index contributed by atoms with van der Waals surface area (Å²) in [6, 6.07) is 1.03. The van der Waals surface area contributed by atoms with Crippen molar-refractivity contribution >= 4 is 29.0 Å². The lowest BCUT2D eigenvalue weighted by Crippen LogP contribution is -2.40. The van der Waals surface area contributed by atoms with E-state index in [2.05, 4.69) is 32.1 Å². The molecule has 0 aromatic rings. The van der Waals surface area contributed by atoms with Gasteiger partial charge < -0.3 is 5.73 Å². The number of rotatable bonds is 6. The van der Waals surface area contributed by atoms with Gasteiger partial charge in [-0.2, -0.15) is 11.8 Å². The van der Waals surface area contributed by atoms with Crippen LogP contribution in [0, 0.1) is 0 Å². The first-order valence-electron chi connectivity index (χ1n) is 4.48. The number of thioether (sulfide) groups is 1. The molecule has 2 unspecified atom stereocenters. The van der Waals surface area contributed by atoms with Gasteiger partial charge in [0.1, 0.15) is 0 Å². The molecule has 0 aromatic carbocycles. The summed E-state index contributed by atoms with van der Waals surface area (Å²) in [7, 11) is 2.13. The molecule has 0 aromatic heterocycles. The monoisotopic (exact) mass is 220 g/mol. The second kappa shape index (κ2) is 6.62. The van der Waals surface area contributed by atoms with Gasteiger partial charge in [0, 0.05) is 24.3 Å². The van der Waals surface area contributed by atoms with Crippen LogP contribution in [0.3, 0.4) is 0 Å². The fourth-order valence-corrected chi connectivity index (χ4v) is 2.19. The lowest BCUT2D eigenvalue weighted by molar-refractivity contribution is 0.216. The van der Waals surface area contributed by atoms with E-state index in [9.17, 15) is 0 Å². The average Bonchev–Trinajstić information content (AvgIpc) is 2.02. The normalized spacial score (nSPS) is 15.8. The maximum absolute atomic E-state index is 5.50. The highest BCUT2D eigenvalue weighted by Crippen LogP contribution is 2.09. The molecular formula is C9H20N2S2. The fourth-order valence-electron chi connectivity index (χ4n) is 1.23. The molecule has 0 fully saturated rings. The van der Waals surface area contributed by atoms with Gasteiger partial charge in [-0.3, -0.25) is 4.90 Å². The molecule has 0 spiro atoms. The minimum Gasteiger partial charge on any atom is -0.393 e. The Bertz CT molecular complexity index is 162. The van der Waals surface area contributed by atoms with Gasteiger partial charge in [0.15, 0.2) is 0 Å². The predicted octanol–water partition coefficient (Wildman–Crippen LogP) is 1.73. The summed E-state index contributed by atoms with van der Waals surface area (Å²) in [6.45, 7) is 4.39. The van der Waals surface area contributed by atoms with Crippen LogP contribution in [0.15, 0.2) is 0 Å². The first kappa shape index (κ1) is 13.2. The molecule has 2 nitrogen and oxygen atoms in total. The molecule has 0 bridgehead atoms. The smallest absolute Gasteiger partial charge is 0.0742 e. The molecule has 0 saturated heterocycles. The molecule has 0 saturated carbocycles. The van der Waals surface area contributed by atoms with E-state index in [1.54, 1.807) is 0 Å². The minimum absolute atomic E-state index is 0.444. The van der Waals surface area contributed by atoms with Gasteiger partial charge in [0.2, 0.25) is 0 Å². The molecule has 0 radical (unpaired) electrons. The van der Waals surface area contributed by atoms with Crippen molar-refractivity contribution < 1.29 is 0 Å². The van der Waals surface area contributed by atoms with Gasteiger partial charge in [0.25, 0.3) is 0 Å². The highest BCUT2D eigenvalue weighted by Gasteiger charge is 2.15. The summed E-state index contributed by atoms with van der Waals surface area (Å²) >= 11 is 6.76. The Kier molecular flexibility index (Phi) is 6.73. The average molecular weight is 220 g/mol. The van der Waals surface area contributed by atoms with Crippen molar-refractivity contribution in [1.82, 2.24) is 4.90 Å². The third-order valence-electron chi connectivity index (χ3n) is 2.29. The van der Waals surface area contributed by atoms with Crippen molar-refractivity contribution in [3.05, 3.63) is 0 Å². The third-order valence-corrected chi connectivity index (χ3v) is 3.28. The molecule has 0 aliphatic carbocycles. The van der Waals surface area contributed by atoms with Crippen LogP contribution < -0.4 is 5.73 Å². The first-order valence-corrected chi connectivity index (χ1v) is 6.28. The molecule has 0 rings (SSSR count). The summed E-state index contributed by atoms with van der Waals surface area (Å²) in [5.74, 6) is 1.15. The molecule has 0 aliphatic rings. The zero-order valence-electron chi connectivity index (χ0n) is 8.91. The summed E-state index contributed by atoms with van der Waals surface area (Å²) in [6.07, 6.45) is 2.94. The lowest BCUT2D eigenvalue weighted by atomic mass is 10.2. The number of hydrogen-bond donors (Lipinski definition) is 1. The molecule has 13 heavy (non-hydrogen) atoms. The Balaban J connectivity index is 3.92. The first-order chi connectivity index (χ1) is 5.99. The number of thiocarbonyl (C=S) groups is 1. The quantitative estimate of drug-likeness (QED) is 0.690. The molecule has 78 valence electrons. The zero-order chi connectivity index (χ0) is 10.4. The molecule has 2 N–H and O–H groups in total. The topological polar surface area (TPSA) is 29.3 Å². The van der Waals surface area contributed by atoms with E-state index >= 15 is 0 Å². The van der Waals surface area contributed by atoms with E-state index in [4.69, 9.17) is 18.0 Å².